The van der Waals surface area contributed by atoms with E-state index in [0.717, 1.165) is 55.1 Å². The molecule has 0 aliphatic carbocycles. The molecule has 0 aliphatic rings. The summed E-state index contributed by atoms with van der Waals surface area (Å²) in [5, 5.41) is 9.35. The van der Waals surface area contributed by atoms with Crippen molar-refractivity contribution in [3.05, 3.63) is 164 Å². The average molecular weight is 626 g/mol. The zero-order chi connectivity index (χ0) is 32.3. The van der Waals surface area contributed by atoms with Crippen LogP contribution < -0.4 is 0 Å². The summed E-state index contributed by atoms with van der Waals surface area (Å²) in [5.74, 6) is 1.89. The van der Waals surface area contributed by atoms with Crippen LogP contribution in [0.4, 0.5) is 0 Å². The number of benzene rings is 8. The van der Waals surface area contributed by atoms with Gasteiger partial charge >= 0.3 is 0 Å². The first-order valence-corrected chi connectivity index (χ1v) is 16.4. The van der Waals surface area contributed by atoms with Crippen molar-refractivity contribution in [2.75, 3.05) is 0 Å². The minimum absolute atomic E-state index is 0.617. The number of fused-ring (bicyclic) bond motifs is 7. The van der Waals surface area contributed by atoms with Crippen molar-refractivity contribution in [1.29, 1.82) is 0 Å². The first-order chi connectivity index (χ1) is 24.2. The van der Waals surface area contributed by atoms with E-state index in [2.05, 4.69) is 121 Å². The Balaban J connectivity index is 1.09. The molecule has 0 bridgehead atoms. The van der Waals surface area contributed by atoms with Gasteiger partial charge in [-0.25, -0.2) is 15.0 Å². The highest BCUT2D eigenvalue weighted by atomic mass is 16.3. The highest BCUT2D eigenvalue weighted by Crippen LogP contribution is 2.36. The molecule has 4 nitrogen and oxygen atoms in total. The highest BCUT2D eigenvalue weighted by Gasteiger charge is 2.16. The lowest BCUT2D eigenvalue weighted by Gasteiger charge is -2.10. The smallest absolute Gasteiger partial charge is 0.164 e. The summed E-state index contributed by atoms with van der Waals surface area (Å²) in [4.78, 5) is 15.1. The highest BCUT2D eigenvalue weighted by molar-refractivity contribution is 6.09. The molecular weight excluding hydrogens is 599 g/mol. The minimum atomic E-state index is 0.617. The van der Waals surface area contributed by atoms with Crippen LogP contribution in [0.5, 0.6) is 0 Å². The number of rotatable bonds is 4. The quantitative estimate of drug-likeness (QED) is 0.183. The lowest BCUT2D eigenvalue weighted by Crippen LogP contribution is -2.00. The monoisotopic (exact) mass is 625 g/mol. The molecule has 228 valence electrons. The van der Waals surface area contributed by atoms with E-state index in [1.54, 1.807) is 0 Å². The topological polar surface area (TPSA) is 51.8 Å². The molecule has 2 aromatic heterocycles. The second-order valence-corrected chi connectivity index (χ2v) is 12.5. The number of aromatic nitrogens is 3. The Hall–Kier alpha value is -6.65. The van der Waals surface area contributed by atoms with Gasteiger partial charge < -0.3 is 4.42 Å². The Labute approximate surface area is 282 Å². The van der Waals surface area contributed by atoms with Crippen molar-refractivity contribution in [3.63, 3.8) is 0 Å². The van der Waals surface area contributed by atoms with Gasteiger partial charge in [0.15, 0.2) is 17.5 Å². The van der Waals surface area contributed by atoms with Crippen LogP contribution in [-0.4, -0.2) is 15.0 Å². The van der Waals surface area contributed by atoms with Gasteiger partial charge in [0.25, 0.3) is 0 Å². The van der Waals surface area contributed by atoms with Gasteiger partial charge in [0.05, 0.1) is 0 Å². The molecule has 0 N–H and O–H groups in total. The molecule has 0 atom stereocenters. The van der Waals surface area contributed by atoms with Crippen LogP contribution >= 0.6 is 0 Å². The fraction of sp³-hybridized carbons (Fsp3) is 0. The fourth-order valence-electron chi connectivity index (χ4n) is 6.97. The van der Waals surface area contributed by atoms with Gasteiger partial charge in [0, 0.05) is 27.5 Å². The van der Waals surface area contributed by atoms with Crippen LogP contribution in [0.25, 0.3) is 99.5 Å². The molecule has 0 unspecified atom stereocenters. The van der Waals surface area contributed by atoms with Crippen LogP contribution in [-0.2, 0) is 0 Å². The SMILES string of the molecule is c1ccc(-c2nc(-c3ccc4c(ccc5ccccc54)c3)nc(-c3ccc4oc5cc(-c6ccc7ccccc7c6)ccc5c4c3)n2)cc1. The van der Waals surface area contributed by atoms with Gasteiger partial charge in [-0.2, -0.15) is 0 Å². The summed E-state index contributed by atoms with van der Waals surface area (Å²) < 4.78 is 6.40. The van der Waals surface area contributed by atoms with Gasteiger partial charge in [0.2, 0.25) is 0 Å². The molecule has 10 aromatic rings. The molecule has 0 saturated carbocycles. The third kappa shape index (κ3) is 4.73. The van der Waals surface area contributed by atoms with Crippen molar-refractivity contribution in [2.45, 2.75) is 0 Å². The van der Waals surface area contributed by atoms with Crippen molar-refractivity contribution >= 4 is 54.3 Å². The second-order valence-electron chi connectivity index (χ2n) is 12.5. The van der Waals surface area contributed by atoms with Gasteiger partial charge in [-0.15, -0.1) is 0 Å². The van der Waals surface area contributed by atoms with Crippen molar-refractivity contribution in [1.82, 2.24) is 15.0 Å². The largest absolute Gasteiger partial charge is 0.456 e. The number of furan rings is 1. The molecule has 0 spiro atoms. The van der Waals surface area contributed by atoms with Gasteiger partial charge in [-0.3, -0.25) is 0 Å². The van der Waals surface area contributed by atoms with E-state index in [1.807, 2.05) is 42.5 Å². The summed E-state index contributed by atoms with van der Waals surface area (Å²) >= 11 is 0. The van der Waals surface area contributed by atoms with Crippen LogP contribution in [0.1, 0.15) is 0 Å². The summed E-state index contributed by atoms with van der Waals surface area (Å²) in [5.41, 5.74) is 6.75. The van der Waals surface area contributed by atoms with Crippen LogP contribution in [0.2, 0.25) is 0 Å². The van der Waals surface area contributed by atoms with Crippen LogP contribution in [0.15, 0.2) is 168 Å². The summed E-state index contributed by atoms with van der Waals surface area (Å²) in [6.07, 6.45) is 0. The van der Waals surface area contributed by atoms with Gasteiger partial charge in [-0.1, -0.05) is 121 Å². The van der Waals surface area contributed by atoms with E-state index >= 15 is 0 Å². The van der Waals surface area contributed by atoms with Gasteiger partial charge in [0.1, 0.15) is 11.2 Å². The Kier molecular flexibility index (Phi) is 6.15. The first-order valence-electron chi connectivity index (χ1n) is 16.4. The van der Waals surface area contributed by atoms with Crippen molar-refractivity contribution in [2.24, 2.45) is 0 Å². The first kappa shape index (κ1) is 27.5. The number of hydrogen-bond acceptors (Lipinski definition) is 4. The maximum atomic E-state index is 6.40. The van der Waals surface area contributed by atoms with E-state index in [0.29, 0.717) is 17.5 Å². The van der Waals surface area contributed by atoms with E-state index in [1.165, 1.54) is 26.9 Å². The average Bonchev–Trinajstić information content (AvgIpc) is 3.55. The van der Waals surface area contributed by atoms with Crippen molar-refractivity contribution in [3.8, 4) is 45.3 Å². The Morgan fingerprint density at radius 2 is 0.837 bits per heavy atom. The normalized spacial score (nSPS) is 11.7. The molecule has 4 heteroatoms. The van der Waals surface area contributed by atoms with Crippen molar-refractivity contribution < 1.29 is 4.42 Å². The lowest BCUT2D eigenvalue weighted by molar-refractivity contribution is 0.669. The molecule has 8 aromatic carbocycles. The molecule has 0 saturated heterocycles. The zero-order valence-electron chi connectivity index (χ0n) is 26.3. The van der Waals surface area contributed by atoms with Crippen LogP contribution in [0, 0.1) is 0 Å². The Morgan fingerprint density at radius 1 is 0.286 bits per heavy atom. The summed E-state index contributed by atoms with van der Waals surface area (Å²) in [6, 6.07) is 57.1. The van der Waals surface area contributed by atoms with E-state index < -0.39 is 0 Å². The molecule has 49 heavy (non-hydrogen) atoms. The third-order valence-electron chi connectivity index (χ3n) is 9.48. The van der Waals surface area contributed by atoms with Crippen LogP contribution in [0.3, 0.4) is 0 Å². The summed E-state index contributed by atoms with van der Waals surface area (Å²) in [7, 11) is 0. The Morgan fingerprint density at radius 3 is 1.69 bits per heavy atom. The Bertz CT molecular complexity index is 2890. The molecule has 0 amide bonds. The molecule has 0 fully saturated rings. The number of nitrogens with zero attached hydrogens (tertiary/aromatic N) is 3. The van der Waals surface area contributed by atoms with E-state index in [9.17, 15) is 0 Å². The summed E-state index contributed by atoms with van der Waals surface area (Å²) in [6.45, 7) is 0. The lowest BCUT2D eigenvalue weighted by atomic mass is 10.00. The predicted molar refractivity (Wildman–Crippen MR) is 201 cm³/mol. The maximum Gasteiger partial charge on any atom is 0.164 e. The zero-order valence-corrected chi connectivity index (χ0v) is 26.3. The predicted octanol–water partition coefficient (Wildman–Crippen LogP) is 11.9. The maximum absolute atomic E-state index is 6.40. The molecule has 2 heterocycles. The second kappa shape index (κ2) is 11.0. The molecular formula is C45H27N3O. The molecule has 0 radical (unpaired) electrons. The third-order valence-corrected chi connectivity index (χ3v) is 9.48. The number of hydrogen-bond donors (Lipinski definition) is 0. The van der Waals surface area contributed by atoms with E-state index in [-0.39, 0.29) is 0 Å². The van der Waals surface area contributed by atoms with E-state index in [4.69, 9.17) is 19.4 Å². The van der Waals surface area contributed by atoms with Gasteiger partial charge in [-0.05, 0) is 85.9 Å². The fourth-order valence-corrected chi connectivity index (χ4v) is 6.97. The molecule has 10 rings (SSSR count). The minimum Gasteiger partial charge on any atom is -0.456 e. The molecule has 0 aliphatic heterocycles. The standard InChI is InChI=1S/C45H27N3O/c1-2-10-30(11-3-1)43-46-44(35-19-21-38-34(25-35)17-15-29-9-6-7-13-37(29)38)48-45(47-43)36-20-23-41-40(26-36)39-22-18-33(27-42(39)49-41)32-16-14-28-8-4-5-12-31(28)24-32/h1-27H.